The van der Waals surface area contributed by atoms with Gasteiger partial charge in [0.15, 0.2) is 41.3 Å². The van der Waals surface area contributed by atoms with Gasteiger partial charge in [0.1, 0.15) is 23.4 Å². The summed E-state index contributed by atoms with van der Waals surface area (Å²) in [6, 6.07) is 8.34. The van der Waals surface area contributed by atoms with Crippen LogP contribution in [0.25, 0.3) is 0 Å². The summed E-state index contributed by atoms with van der Waals surface area (Å²) in [5.41, 5.74) is 1.89. The molecule has 0 amide bonds. The highest BCUT2D eigenvalue weighted by Crippen LogP contribution is 2.53. The van der Waals surface area contributed by atoms with Gasteiger partial charge in [-0.2, -0.15) is 0 Å². The molecular formula is C48H60N4O16. The number of hydrogen-bond donors (Lipinski definition) is 11. The molecule has 0 aromatic heterocycles. The molecule has 10 atom stereocenters. The Kier molecular flexibility index (Phi) is 14.5. The number of carboxylic acids is 1. The van der Waals surface area contributed by atoms with E-state index in [4.69, 9.17) is 34.2 Å². The van der Waals surface area contributed by atoms with Crippen molar-refractivity contribution in [2.24, 2.45) is 28.5 Å². The van der Waals surface area contributed by atoms with Gasteiger partial charge in [-0.1, -0.05) is 56.9 Å². The number of ether oxygens (including phenoxy) is 6. The minimum atomic E-state index is -2.73. The smallest absolute Gasteiger partial charge is 0.344 e. The number of rotatable bonds is 12. The Morgan fingerprint density at radius 2 is 1.82 bits per heavy atom. The summed E-state index contributed by atoms with van der Waals surface area (Å²) in [5, 5.41) is 100. The lowest BCUT2D eigenvalue weighted by atomic mass is 9.71. The molecular weight excluding hydrogens is 889 g/mol. The van der Waals surface area contributed by atoms with E-state index >= 15 is 0 Å². The fraction of sp³-hybridized carbons (Fsp3) is 0.521. The maximum absolute atomic E-state index is 14.2. The molecule has 0 saturated carbocycles. The summed E-state index contributed by atoms with van der Waals surface area (Å²) < 4.78 is 35.9. The Bertz CT molecular complexity index is 2510. The summed E-state index contributed by atoms with van der Waals surface area (Å²) >= 11 is 0. The molecule has 4 bridgehead atoms. The Labute approximate surface area is 392 Å². The predicted molar refractivity (Wildman–Crippen MR) is 243 cm³/mol. The Balaban J connectivity index is 1.34. The molecule has 7 rings (SSSR count). The number of nitrogens with two attached hydrogens (primary N) is 1. The van der Waals surface area contributed by atoms with Crippen molar-refractivity contribution in [1.82, 2.24) is 5.32 Å². The number of guanidine groups is 1. The molecule has 3 aromatic rings. The van der Waals surface area contributed by atoms with Crippen molar-refractivity contribution in [3.63, 3.8) is 0 Å². The maximum atomic E-state index is 14.2. The highest BCUT2D eigenvalue weighted by molar-refractivity contribution is 5.98. The van der Waals surface area contributed by atoms with E-state index in [0.717, 1.165) is 17.5 Å². The number of nitrogens with one attached hydrogen (secondary N) is 2. The topological polar surface area (TPSA) is 314 Å². The van der Waals surface area contributed by atoms with Crippen molar-refractivity contribution < 1.29 is 78.9 Å². The van der Waals surface area contributed by atoms with Crippen LogP contribution in [-0.2, 0) is 35.2 Å². The van der Waals surface area contributed by atoms with Crippen LogP contribution < -0.4 is 35.3 Å². The summed E-state index contributed by atoms with van der Waals surface area (Å²) in [7, 11) is 2.63. The van der Waals surface area contributed by atoms with Crippen LogP contribution in [-0.4, -0.2) is 134 Å². The third kappa shape index (κ3) is 8.97. The number of aromatic carboxylic acids is 1. The molecule has 4 aliphatic heterocycles. The molecule has 368 valence electrons. The molecule has 20 heteroatoms. The number of benzene rings is 3. The van der Waals surface area contributed by atoms with Crippen molar-refractivity contribution in [2.75, 3.05) is 32.8 Å². The number of aliphatic hydroxyl groups excluding tert-OH is 4. The number of carboxylic acid groups (broad SMARTS) is 1. The molecule has 68 heavy (non-hydrogen) atoms. The van der Waals surface area contributed by atoms with Gasteiger partial charge in [-0.05, 0) is 49.7 Å². The van der Waals surface area contributed by atoms with Gasteiger partial charge in [0.25, 0.3) is 0 Å². The Morgan fingerprint density at radius 3 is 2.50 bits per heavy atom. The maximum Gasteiger partial charge on any atom is 0.344 e. The van der Waals surface area contributed by atoms with Crippen molar-refractivity contribution in [1.29, 1.82) is 0 Å². The molecule has 0 aliphatic carbocycles. The number of anilines is 1. The number of carbonyl (C=O) groups is 2. The minimum Gasteiger partial charge on any atom is -0.504 e. The molecule has 10 unspecified atom stereocenters. The predicted octanol–water partition coefficient (Wildman–Crippen LogP) is 1.92. The summed E-state index contributed by atoms with van der Waals surface area (Å²) in [6.07, 6.45) is -10.6. The minimum absolute atomic E-state index is 0.0279. The molecule has 3 aromatic carbocycles. The van der Waals surface area contributed by atoms with E-state index in [-0.39, 0.29) is 71.3 Å². The first-order valence-electron chi connectivity index (χ1n) is 22.4. The number of fused-ring (bicyclic) bond motifs is 4. The van der Waals surface area contributed by atoms with Gasteiger partial charge in [0.05, 0.1) is 31.1 Å². The SMILES string of the molecule is CCc1cccc(CCOc2c(O)c(OC)c3c(c2O)C(=O)OC(O)C2(CC3)OC3Oc4c(OCNC(N)=NC)cc(C(=O)O)c5c4CC(C#CCC(O)(C3O)C2O)C(C(O)C(C)C)C(C)N5)c1. The first-order valence-corrected chi connectivity index (χ1v) is 22.4. The molecule has 1 saturated heterocycles. The number of phenols is 2. The lowest BCUT2D eigenvalue weighted by Gasteiger charge is -2.54. The van der Waals surface area contributed by atoms with Crippen LogP contribution in [0.3, 0.4) is 0 Å². The number of methoxy groups -OCH3 is 1. The zero-order chi connectivity index (χ0) is 49.4. The van der Waals surface area contributed by atoms with Gasteiger partial charge in [0, 0.05) is 55.0 Å². The van der Waals surface area contributed by atoms with Crippen LogP contribution in [0.15, 0.2) is 35.3 Å². The van der Waals surface area contributed by atoms with Crippen LogP contribution in [0.5, 0.6) is 34.5 Å². The fourth-order valence-corrected chi connectivity index (χ4v) is 9.69. The highest BCUT2D eigenvalue weighted by Gasteiger charge is 2.66. The van der Waals surface area contributed by atoms with Crippen LogP contribution in [0, 0.1) is 29.6 Å². The van der Waals surface area contributed by atoms with E-state index in [9.17, 15) is 50.4 Å². The first kappa shape index (κ1) is 49.7. The number of cyclic esters (lactones) is 1. The summed E-state index contributed by atoms with van der Waals surface area (Å²) in [4.78, 5) is 31.0. The third-order valence-electron chi connectivity index (χ3n) is 13.5. The van der Waals surface area contributed by atoms with E-state index < -0.39 is 114 Å². The number of hydrogen-bond acceptors (Lipinski definition) is 17. The number of phenolic OH excluding ortho intramolecular Hbond substituents is 2. The number of aryl methyl sites for hydroxylation is 1. The lowest BCUT2D eigenvalue weighted by Crippen LogP contribution is -2.75. The number of aliphatic hydroxyl groups is 5. The number of nitrogens with zero attached hydrogens (tertiary/aromatic N) is 1. The van der Waals surface area contributed by atoms with Crippen molar-refractivity contribution in [2.45, 2.75) is 114 Å². The fourth-order valence-electron chi connectivity index (χ4n) is 9.69. The average molecular weight is 949 g/mol. The number of aliphatic imine (C=N–C) groups is 1. The van der Waals surface area contributed by atoms with E-state index in [1.54, 1.807) is 6.92 Å². The Hall–Kier alpha value is -6.21. The van der Waals surface area contributed by atoms with Crippen LogP contribution in [0.2, 0.25) is 0 Å². The van der Waals surface area contributed by atoms with E-state index in [1.807, 2.05) is 45.0 Å². The van der Waals surface area contributed by atoms with Gasteiger partial charge < -0.3 is 85.6 Å². The van der Waals surface area contributed by atoms with Gasteiger partial charge in [-0.25, -0.2) is 9.59 Å². The van der Waals surface area contributed by atoms with Crippen molar-refractivity contribution in [3.8, 4) is 46.3 Å². The van der Waals surface area contributed by atoms with Crippen molar-refractivity contribution in [3.05, 3.63) is 63.7 Å². The van der Waals surface area contributed by atoms with E-state index in [1.165, 1.54) is 20.2 Å². The Morgan fingerprint density at radius 1 is 1.09 bits per heavy atom. The van der Waals surface area contributed by atoms with Crippen LogP contribution >= 0.6 is 0 Å². The largest absolute Gasteiger partial charge is 0.504 e. The summed E-state index contributed by atoms with van der Waals surface area (Å²) in [5.74, 6) is -1.17. The quantitative estimate of drug-likeness (QED) is 0.0406. The van der Waals surface area contributed by atoms with Crippen LogP contribution in [0.4, 0.5) is 5.69 Å². The summed E-state index contributed by atoms with van der Waals surface area (Å²) in [6.45, 7) is 7.00. The molecule has 1 fully saturated rings. The van der Waals surface area contributed by atoms with Gasteiger partial charge >= 0.3 is 11.9 Å². The number of carbonyl (C=O) groups excluding carboxylic acids is 1. The molecule has 0 radical (unpaired) electrons. The monoisotopic (exact) mass is 948 g/mol. The molecule has 4 aliphatic rings. The average Bonchev–Trinajstić information content (AvgIpc) is 3.45. The molecule has 12 N–H and O–H groups in total. The van der Waals surface area contributed by atoms with Gasteiger partial charge in [-0.15, -0.1) is 0 Å². The second-order valence-corrected chi connectivity index (χ2v) is 17.9. The molecule has 4 heterocycles. The zero-order valence-corrected chi connectivity index (χ0v) is 38.6. The van der Waals surface area contributed by atoms with Gasteiger partial charge in [-0.3, -0.25) is 4.99 Å². The second kappa shape index (κ2) is 19.8. The van der Waals surface area contributed by atoms with Crippen LogP contribution in [0.1, 0.15) is 83.5 Å². The second-order valence-electron chi connectivity index (χ2n) is 17.9. The number of esters is 1. The van der Waals surface area contributed by atoms with E-state index in [0.29, 0.717) is 6.42 Å². The lowest BCUT2D eigenvalue weighted by molar-refractivity contribution is -0.381. The van der Waals surface area contributed by atoms with Gasteiger partial charge in [0.2, 0.25) is 24.1 Å². The normalized spacial score (nSPS) is 28.1. The standard InChI is InChI=1S/C48H60N4O16/c1-7-24-10-8-11-25(18-24)14-17-64-39-35(54)32-27(38(63-6)36(39)55)13-16-48(45(61)67-42(32)59)44(60)47(62)15-9-12-26-19-28-33(52-23(4)31(26)34(53)22(2)3)29(41(57)58)20-30(65-21-51-46(49)50-5)37(28)66-43(68-48)40(47)56/h8,10-11,18,20,22-23,26,31,34,40,43-45,52-56,60-62H,7,13-17,19,21H2,1-6H3,(H,57,58)(H3,49,50,51). The molecule has 1 spiro atoms. The zero-order valence-electron chi connectivity index (χ0n) is 38.6. The highest BCUT2D eigenvalue weighted by atomic mass is 16.7. The van der Waals surface area contributed by atoms with E-state index in [2.05, 4.69) is 27.5 Å². The first-order chi connectivity index (χ1) is 32.3. The van der Waals surface area contributed by atoms with Crippen molar-refractivity contribution >= 4 is 23.6 Å². The third-order valence-corrected chi connectivity index (χ3v) is 13.5. The molecule has 20 nitrogen and oxygen atoms in total. The number of aromatic hydroxyl groups is 2.